The van der Waals surface area contributed by atoms with Gasteiger partial charge in [0.1, 0.15) is 0 Å². The lowest BCUT2D eigenvalue weighted by atomic mass is 9.99. The van der Waals surface area contributed by atoms with E-state index in [-0.39, 0.29) is 0 Å². The molecule has 0 unspecified atom stereocenters. The van der Waals surface area contributed by atoms with Gasteiger partial charge in [-0.05, 0) is 6.92 Å². The number of terminal acetylenes is 1. The molecule has 0 aliphatic rings. The third kappa shape index (κ3) is 3.43. The summed E-state index contributed by atoms with van der Waals surface area (Å²) in [5.41, 5.74) is -0.681. The van der Waals surface area contributed by atoms with Gasteiger partial charge in [0.2, 0.25) is 0 Å². The van der Waals surface area contributed by atoms with E-state index in [1.165, 1.54) is 0 Å². The van der Waals surface area contributed by atoms with Gasteiger partial charge in [-0.2, -0.15) is 0 Å². The van der Waals surface area contributed by atoms with Crippen LogP contribution in [0.3, 0.4) is 0 Å². The predicted octanol–water partition coefficient (Wildman–Crippen LogP) is 1.11. The molecule has 6 heavy (non-hydrogen) atoms. The van der Waals surface area contributed by atoms with Crippen molar-refractivity contribution in [2.45, 2.75) is 0 Å². The Morgan fingerprint density at radius 1 is 2.00 bits per heavy atom. The van der Waals surface area contributed by atoms with Crippen LogP contribution in [0, 0.1) is 38.5 Å². The number of hydrogen-bond acceptors (Lipinski definition) is 0. The Kier molecular flexibility index (Phi) is 1.14. The maximum atomic E-state index is 4.87. The minimum atomic E-state index is -0.681. The summed E-state index contributed by atoms with van der Waals surface area (Å²) in [6.45, 7) is 10.3. The van der Waals surface area contributed by atoms with Crippen molar-refractivity contribution in [2.24, 2.45) is 5.41 Å². The fraction of sp³-hybridized carbons (Fsp3) is 0.167. The molecular formula is C6H7. The summed E-state index contributed by atoms with van der Waals surface area (Å²) in [5, 5.41) is 0. The molecular weight excluding hydrogens is 72.1 g/mol. The van der Waals surface area contributed by atoms with E-state index in [2.05, 4.69) is 26.7 Å². The molecule has 0 atom stereocenters. The minimum Gasteiger partial charge on any atom is -0.281 e. The molecule has 0 heterocycles. The zero-order valence-electron chi connectivity index (χ0n) is 3.70. The van der Waals surface area contributed by atoms with Crippen LogP contribution in [0.25, 0.3) is 0 Å². The largest absolute Gasteiger partial charge is 0.281 e. The van der Waals surface area contributed by atoms with Crippen molar-refractivity contribution in [3.05, 3.63) is 20.8 Å². The summed E-state index contributed by atoms with van der Waals surface area (Å²) >= 11 is 0. The third-order valence-corrected chi connectivity index (χ3v) is 0.306. The second kappa shape index (κ2) is 1.26. The van der Waals surface area contributed by atoms with Crippen molar-refractivity contribution in [2.75, 3.05) is 0 Å². The molecule has 0 bridgehead atoms. The first-order valence-electron chi connectivity index (χ1n) is 1.60. The van der Waals surface area contributed by atoms with Crippen LogP contribution in [0.1, 0.15) is 0 Å². The van der Waals surface area contributed by atoms with Crippen LogP contribution in [0.5, 0.6) is 0 Å². The highest BCUT2D eigenvalue weighted by Gasteiger charge is 2.01. The molecule has 0 nitrogen and oxygen atoms in total. The molecule has 0 aliphatic heterocycles. The predicted molar refractivity (Wildman–Crippen MR) is 27.3 cm³/mol. The molecule has 0 aliphatic carbocycles. The standard InChI is InChI=1S/C6H7/c1-5-6(2,3)4/h1H,2-4H2. The van der Waals surface area contributed by atoms with Crippen molar-refractivity contribution < 1.29 is 0 Å². The van der Waals surface area contributed by atoms with Crippen molar-refractivity contribution in [1.29, 1.82) is 0 Å². The monoisotopic (exact) mass is 79.1 g/mol. The maximum absolute atomic E-state index is 4.87. The molecule has 0 spiro atoms. The lowest BCUT2D eigenvalue weighted by Crippen LogP contribution is -1.99. The van der Waals surface area contributed by atoms with Crippen molar-refractivity contribution >= 4 is 0 Å². The van der Waals surface area contributed by atoms with Crippen LogP contribution in [0.2, 0.25) is 0 Å². The Balaban J connectivity index is 3.55. The van der Waals surface area contributed by atoms with E-state index in [0.717, 1.165) is 0 Å². The van der Waals surface area contributed by atoms with E-state index in [9.17, 15) is 0 Å². The van der Waals surface area contributed by atoms with Gasteiger partial charge in [0.05, 0.1) is 0 Å². The molecule has 0 heteroatoms. The number of rotatable bonds is 0. The van der Waals surface area contributed by atoms with Crippen LogP contribution in [0.4, 0.5) is 0 Å². The van der Waals surface area contributed by atoms with Gasteiger partial charge < -0.3 is 0 Å². The van der Waals surface area contributed by atoms with E-state index in [4.69, 9.17) is 6.42 Å². The quantitative estimate of drug-likeness (QED) is 0.301. The fourth-order valence-electron chi connectivity index (χ4n) is 0. The highest BCUT2D eigenvalue weighted by molar-refractivity contribution is 5.11. The van der Waals surface area contributed by atoms with Crippen LogP contribution < -0.4 is 0 Å². The maximum Gasteiger partial charge on any atom is 0.0483 e. The Labute approximate surface area is 39.6 Å². The van der Waals surface area contributed by atoms with Crippen LogP contribution in [-0.4, -0.2) is 0 Å². The average Bonchev–Trinajstić information content (AvgIpc) is 1.35. The summed E-state index contributed by atoms with van der Waals surface area (Å²) in [7, 11) is 0. The molecule has 0 aromatic heterocycles. The summed E-state index contributed by atoms with van der Waals surface area (Å²) in [6.07, 6.45) is 4.87. The zero-order valence-corrected chi connectivity index (χ0v) is 3.70. The van der Waals surface area contributed by atoms with E-state index >= 15 is 0 Å². The Bertz CT molecular complexity index is 67.0. The van der Waals surface area contributed by atoms with E-state index in [0.29, 0.717) is 0 Å². The molecule has 0 rings (SSSR count). The SMILES string of the molecule is C#CC([CH2])([CH2+])[CH2-]. The number of hydrogen-bond donors (Lipinski definition) is 0. The van der Waals surface area contributed by atoms with Gasteiger partial charge in [-0.3, -0.25) is 6.92 Å². The highest BCUT2D eigenvalue weighted by Crippen LogP contribution is 2.05. The smallest absolute Gasteiger partial charge is 0.0483 e. The highest BCUT2D eigenvalue weighted by atomic mass is 14.0. The van der Waals surface area contributed by atoms with Crippen molar-refractivity contribution in [3.8, 4) is 12.3 Å². The summed E-state index contributed by atoms with van der Waals surface area (Å²) in [6, 6.07) is 0. The van der Waals surface area contributed by atoms with E-state index in [1.54, 1.807) is 0 Å². The Hall–Kier alpha value is -0.570. The van der Waals surface area contributed by atoms with Crippen LogP contribution >= 0.6 is 0 Å². The van der Waals surface area contributed by atoms with E-state index in [1.807, 2.05) is 0 Å². The minimum absolute atomic E-state index is 0.681. The Morgan fingerprint density at radius 3 is 2.17 bits per heavy atom. The topological polar surface area (TPSA) is 0 Å². The molecule has 0 saturated carbocycles. The molecule has 1 radical (unpaired) electrons. The first-order chi connectivity index (χ1) is 2.56. The van der Waals surface area contributed by atoms with Gasteiger partial charge in [0, 0.05) is 12.3 Å². The van der Waals surface area contributed by atoms with E-state index < -0.39 is 5.41 Å². The molecule has 0 aromatic carbocycles. The second-order valence-corrected chi connectivity index (χ2v) is 1.42. The molecule has 0 aromatic rings. The van der Waals surface area contributed by atoms with Crippen molar-refractivity contribution in [1.82, 2.24) is 0 Å². The lowest BCUT2D eigenvalue weighted by molar-refractivity contribution is 0.844. The summed E-state index contributed by atoms with van der Waals surface area (Å²) in [5.74, 6) is 2.27. The lowest BCUT2D eigenvalue weighted by Gasteiger charge is -2.05. The summed E-state index contributed by atoms with van der Waals surface area (Å²) < 4.78 is 0. The van der Waals surface area contributed by atoms with Crippen LogP contribution in [-0.2, 0) is 0 Å². The van der Waals surface area contributed by atoms with Gasteiger partial charge in [0.15, 0.2) is 0 Å². The van der Waals surface area contributed by atoms with Gasteiger partial charge in [-0.1, -0.05) is 5.92 Å². The normalized spacial score (nSPS) is 18.2. The Morgan fingerprint density at radius 2 is 2.17 bits per heavy atom. The first-order valence-corrected chi connectivity index (χ1v) is 1.60. The van der Waals surface area contributed by atoms with Crippen LogP contribution in [0.15, 0.2) is 0 Å². The third-order valence-electron chi connectivity index (χ3n) is 0.306. The van der Waals surface area contributed by atoms with Gasteiger partial charge in [-0.25, -0.2) is 0 Å². The molecule has 0 fully saturated rings. The second-order valence-electron chi connectivity index (χ2n) is 1.42. The molecule has 0 N–H and O–H groups in total. The van der Waals surface area contributed by atoms with Gasteiger partial charge in [-0.15, -0.1) is 6.42 Å². The summed E-state index contributed by atoms with van der Waals surface area (Å²) in [4.78, 5) is 0. The van der Waals surface area contributed by atoms with Gasteiger partial charge in [0.25, 0.3) is 0 Å². The zero-order chi connectivity index (χ0) is 5.21. The van der Waals surface area contributed by atoms with Gasteiger partial charge >= 0.3 is 0 Å². The molecule has 31 valence electrons. The fourth-order valence-corrected chi connectivity index (χ4v) is 0. The first kappa shape index (κ1) is 5.43. The average molecular weight is 79.1 g/mol. The van der Waals surface area contributed by atoms with Crippen molar-refractivity contribution in [3.63, 3.8) is 0 Å². The molecule has 0 amide bonds. The molecule has 0 saturated heterocycles.